The fourth-order valence-corrected chi connectivity index (χ4v) is 0. The Bertz CT molecular complexity index is 43.0. The van der Waals surface area contributed by atoms with Crippen molar-refractivity contribution in [2.45, 2.75) is 0 Å². The Hall–Kier alpha value is 0.110. The second-order valence-electron chi connectivity index (χ2n) is 1.24. The van der Waals surface area contributed by atoms with Crippen LogP contribution in [-0.2, 0) is 10.8 Å². The van der Waals surface area contributed by atoms with E-state index in [4.69, 9.17) is 0 Å². The van der Waals surface area contributed by atoms with Gasteiger partial charge >= 0.3 is 0 Å². The van der Waals surface area contributed by atoms with Gasteiger partial charge in [-0.3, -0.25) is 4.21 Å². The zero-order chi connectivity index (χ0) is 6.28. The van der Waals surface area contributed by atoms with Crippen molar-refractivity contribution < 1.29 is 4.21 Å². The topological polar surface area (TPSA) is 29.1 Å². The van der Waals surface area contributed by atoms with Gasteiger partial charge in [-0.25, -0.2) is 0 Å². The molecule has 0 rings (SSSR count). The molecule has 0 unspecified atom stereocenters. The molecular weight excluding hydrogens is 110 g/mol. The third kappa shape index (κ3) is 8530. The van der Waals surface area contributed by atoms with E-state index in [1.165, 1.54) is 0 Å². The summed E-state index contributed by atoms with van der Waals surface area (Å²) in [5.41, 5.74) is 0. The maximum absolute atomic E-state index is 9.56. The van der Waals surface area contributed by atoms with E-state index in [0.29, 0.717) is 0 Å². The molecule has 0 bridgehead atoms. The summed E-state index contributed by atoms with van der Waals surface area (Å²) < 4.78 is 9.56. The molecule has 7 heavy (non-hydrogen) atoms. The first-order valence-corrected chi connectivity index (χ1v) is 3.95. The molecular formula is C4H13NOS. The first kappa shape index (κ1) is 10.2. The van der Waals surface area contributed by atoms with Gasteiger partial charge in [-0.15, -0.1) is 0 Å². The molecule has 0 aromatic heterocycles. The zero-order valence-electron chi connectivity index (χ0n) is 5.32. The quantitative estimate of drug-likeness (QED) is 0.484. The number of nitrogens with one attached hydrogen (secondary N) is 1. The van der Waals surface area contributed by atoms with E-state index in [2.05, 4.69) is 5.32 Å². The molecule has 0 aromatic rings. The molecule has 1 N–H and O–H groups in total. The average molecular weight is 123 g/mol. The highest BCUT2D eigenvalue weighted by atomic mass is 32.2. The summed E-state index contributed by atoms with van der Waals surface area (Å²) in [5.74, 6) is 0. The van der Waals surface area contributed by atoms with Crippen molar-refractivity contribution in [2.75, 3.05) is 26.6 Å². The Labute approximate surface area is 47.8 Å². The van der Waals surface area contributed by atoms with Crippen molar-refractivity contribution in [2.24, 2.45) is 0 Å². The smallest absolute Gasteiger partial charge is 0.0148 e. The molecule has 0 radical (unpaired) electrons. The van der Waals surface area contributed by atoms with Crippen LogP contribution >= 0.6 is 0 Å². The van der Waals surface area contributed by atoms with Gasteiger partial charge in [0, 0.05) is 23.3 Å². The molecule has 0 aliphatic carbocycles. The van der Waals surface area contributed by atoms with E-state index in [1.807, 2.05) is 14.1 Å². The fourth-order valence-electron chi connectivity index (χ4n) is 0. The SMILES string of the molecule is CNC.CS(C)=O. The van der Waals surface area contributed by atoms with Gasteiger partial charge in [-0.2, -0.15) is 0 Å². The Balaban J connectivity index is 0. The summed E-state index contributed by atoms with van der Waals surface area (Å²) in [6.45, 7) is 0. The lowest BCUT2D eigenvalue weighted by Gasteiger charge is -1.60. The summed E-state index contributed by atoms with van der Waals surface area (Å²) >= 11 is 0. The minimum atomic E-state index is -0.611. The molecule has 0 atom stereocenters. The summed E-state index contributed by atoms with van der Waals surface area (Å²) in [6.07, 6.45) is 3.28. The largest absolute Gasteiger partial charge is 0.323 e. The maximum atomic E-state index is 9.56. The molecule has 0 aromatic carbocycles. The Morgan fingerprint density at radius 1 is 1.29 bits per heavy atom. The van der Waals surface area contributed by atoms with Crippen LogP contribution < -0.4 is 5.32 Å². The van der Waals surface area contributed by atoms with E-state index < -0.39 is 10.8 Å². The number of rotatable bonds is 0. The lowest BCUT2D eigenvalue weighted by Crippen LogP contribution is -1.89. The highest BCUT2D eigenvalue weighted by Crippen LogP contribution is 1.47. The molecule has 46 valence electrons. The van der Waals surface area contributed by atoms with Crippen molar-refractivity contribution in [3.63, 3.8) is 0 Å². The minimum absolute atomic E-state index is 0.611. The van der Waals surface area contributed by atoms with Gasteiger partial charge in [0.2, 0.25) is 0 Å². The second kappa shape index (κ2) is 9.44. The van der Waals surface area contributed by atoms with Crippen LogP contribution in [0.25, 0.3) is 0 Å². The van der Waals surface area contributed by atoms with Crippen LogP contribution in [0.15, 0.2) is 0 Å². The van der Waals surface area contributed by atoms with Crippen LogP contribution in [0.3, 0.4) is 0 Å². The number of hydrogen-bond donors (Lipinski definition) is 1. The normalized spacial score (nSPS) is 7.57. The summed E-state index contributed by atoms with van der Waals surface area (Å²) in [5, 5.41) is 2.75. The number of hydrogen-bond acceptors (Lipinski definition) is 2. The van der Waals surface area contributed by atoms with Crippen molar-refractivity contribution in [3.05, 3.63) is 0 Å². The molecule has 0 amide bonds. The molecule has 3 heteroatoms. The van der Waals surface area contributed by atoms with Crippen molar-refractivity contribution in [1.29, 1.82) is 0 Å². The zero-order valence-corrected chi connectivity index (χ0v) is 6.13. The molecule has 0 aliphatic heterocycles. The lowest BCUT2D eigenvalue weighted by molar-refractivity contribution is 0.690. The van der Waals surface area contributed by atoms with Gasteiger partial charge in [0.25, 0.3) is 0 Å². The van der Waals surface area contributed by atoms with E-state index in [-0.39, 0.29) is 0 Å². The van der Waals surface area contributed by atoms with Crippen LogP contribution in [-0.4, -0.2) is 30.8 Å². The molecule has 0 heterocycles. The molecule has 2 nitrogen and oxygen atoms in total. The Morgan fingerprint density at radius 2 is 1.29 bits per heavy atom. The molecule has 0 aliphatic rings. The third-order valence-electron chi connectivity index (χ3n) is 0. The van der Waals surface area contributed by atoms with Crippen LogP contribution in [0.5, 0.6) is 0 Å². The second-order valence-corrected chi connectivity index (χ2v) is 2.72. The standard InChI is InChI=1S/C2H7N.C2H6OS/c1-3-2;1-4(2)3/h3H,1-2H3;1-2H3. The van der Waals surface area contributed by atoms with E-state index in [9.17, 15) is 4.21 Å². The van der Waals surface area contributed by atoms with Crippen LogP contribution in [0.2, 0.25) is 0 Å². The monoisotopic (exact) mass is 123 g/mol. The predicted octanol–water partition coefficient (Wildman–Crippen LogP) is -0.170. The van der Waals surface area contributed by atoms with Crippen molar-refractivity contribution in [3.8, 4) is 0 Å². The molecule has 0 saturated carbocycles. The van der Waals surface area contributed by atoms with Gasteiger partial charge in [0.15, 0.2) is 0 Å². The van der Waals surface area contributed by atoms with Gasteiger partial charge < -0.3 is 5.32 Å². The highest BCUT2D eigenvalue weighted by Gasteiger charge is 1.57. The van der Waals surface area contributed by atoms with Gasteiger partial charge in [0.05, 0.1) is 0 Å². The predicted molar refractivity (Wildman–Crippen MR) is 35.0 cm³/mol. The lowest BCUT2D eigenvalue weighted by atomic mass is 11.3. The first-order valence-electron chi connectivity index (χ1n) is 1.98. The summed E-state index contributed by atoms with van der Waals surface area (Å²) in [4.78, 5) is 0. The minimum Gasteiger partial charge on any atom is -0.323 e. The van der Waals surface area contributed by atoms with Gasteiger partial charge in [-0.05, 0) is 14.1 Å². The Kier molecular flexibility index (Phi) is 13.7. The van der Waals surface area contributed by atoms with E-state index >= 15 is 0 Å². The van der Waals surface area contributed by atoms with Crippen LogP contribution in [0.1, 0.15) is 0 Å². The van der Waals surface area contributed by atoms with Crippen molar-refractivity contribution in [1.82, 2.24) is 5.32 Å². The first-order chi connectivity index (χ1) is 3.15. The average Bonchev–Trinajstić information content (AvgIpc) is 1.33. The molecule has 0 fully saturated rings. The summed E-state index contributed by atoms with van der Waals surface area (Å²) in [6, 6.07) is 0. The molecule has 0 saturated heterocycles. The maximum Gasteiger partial charge on any atom is 0.0148 e. The fraction of sp³-hybridized carbons (Fsp3) is 1.00. The van der Waals surface area contributed by atoms with E-state index in [0.717, 1.165) is 0 Å². The Morgan fingerprint density at radius 3 is 1.29 bits per heavy atom. The van der Waals surface area contributed by atoms with E-state index in [1.54, 1.807) is 12.5 Å². The van der Waals surface area contributed by atoms with Crippen LogP contribution in [0, 0.1) is 0 Å². The summed E-state index contributed by atoms with van der Waals surface area (Å²) in [7, 11) is 3.14. The van der Waals surface area contributed by atoms with Gasteiger partial charge in [0.1, 0.15) is 0 Å². The third-order valence-corrected chi connectivity index (χ3v) is 0. The van der Waals surface area contributed by atoms with Crippen molar-refractivity contribution >= 4 is 10.8 Å². The van der Waals surface area contributed by atoms with Crippen LogP contribution in [0.4, 0.5) is 0 Å². The molecule has 0 spiro atoms. The van der Waals surface area contributed by atoms with Gasteiger partial charge in [-0.1, -0.05) is 0 Å². The highest BCUT2D eigenvalue weighted by molar-refractivity contribution is 7.83.